The number of carbonyl (C=O) groups excluding carboxylic acids is 1. The number of amides is 1. The molecule has 1 N–H and O–H groups in total. The molecule has 2 aromatic heterocycles. The molecule has 3 aromatic rings. The van der Waals surface area contributed by atoms with Crippen LogP contribution in [0.1, 0.15) is 28.9 Å². The summed E-state index contributed by atoms with van der Waals surface area (Å²) in [5.74, 6) is -2.00. The highest BCUT2D eigenvalue weighted by Gasteiger charge is 2.19. The maximum absolute atomic E-state index is 13.5. The Balaban J connectivity index is 1.53. The maximum atomic E-state index is 13.5. The number of carbonyl (C=O) groups is 1. The van der Waals surface area contributed by atoms with Gasteiger partial charge in [-0.1, -0.05) is 6.07 Å². The molecule has 7 heteroatoms. The molecule has 3 heterocycles. The first-order valence-electron chi connectivity index (χ1n) is 9.13. The molecule has 0 atom stereocenters. The zero-order valence-electron chi connectivity index (χ0n) is 14.9. The Labute approximate surface area is 155 Å². The van der Waals surface area contributed by atoms with Crippen LogP contribution < -0.4 is 5.32 Å². The van der Waals surface area contributed by atoms with E-state index in [9.17, 15) is 13.6 Å². The number of nitrogens with zero attached hydrogens (tertiary/aromatic N) is 2. The molecule has 1 aliphatic rings. The van der Waals surface area contributed by atoms with Gasteiger partial charge in [0, 0.05) is 31.8 Å². The molecular weight excluding hydrogens is 352 g/mol. The second kappa shape index (κ2) is 7.52. The molecule has 1 fully saturated rings. The van der Waals surface area contributed by atoms with Crippen LogP contribution in [0.25, 0.3) is 11.1 Å². The highest BCUT2D eigenvalue weighted by Crippen LogP contribution is 2.23. The Morgan fingerprint density at radius 2 is 1.93 bits per heavy atom. The van der Waals surface area contributed by atoms with E-state index in [0.717, 1.165) is 37.3 Å². The fraction of sp³-hybridized carbons (Fsp3) is 0.350. The summed E-state index contributed by atoms with van der Waals surface area (Å²) in [7, 11) is 0. The molecule has 0 spiro atoms. The van der Waals surface area contributed by atoms with Gasteiger partial charge in [-0.25, -0.2) is 8.78 Å². The molecule has 0 saturated carbocycles. The average molecular weight is 373 g/mol. The van der Waals surface area contributed by atoms with Crippen molar-refractivity contribution < 1.29 is 18.0 Å². The zero-order chi connectivity index (χ0) is 18.8. The molecule has 142 valence electrons. The zero-order valence-corrected chi connectivity index (χ0v) is 14.9. The van der Waals surface area contributed by atoms with Crippen molar-refractivity contribution in [2.75, 3.05) is 26.2 Å². The number of halogens is 2. The van der Waals surface area contributed by atoms with Gasteiger partial charge in [-0.2, -0.15) is 0 Å². The van der Waals surface area contributed by atoms with E-state index in [1.54, 1.807) is 23.0 Å². The quantitative estimate of drug-likeness (QED) is 0.721. The SMILES string of the molecule is O=C(NCCN1CCCC1)c1cc2occc2n1Cc1ccc(F)c(F)c1. The lowest BCUT2D eigenvalue weighted by molar-refractivity contribution is 0.0941. The second-order valence-corrected chi connectivity index (χ2v) is 6.84. The molecule has 0 bridgehead atoms. The Hall–Kier alpha value is -2.67. The van der Waals surface area contributed by atoms with E-state index in [1.807, 2.05) is 0 Å². The van der Waals surface area contributed by atoms with E-state index in [2.05, 4.69) is 10.2 Å². The predicted octanol–water partition coefficient (Wildman–Crippen LogP) is 3.39. The molecule has 1 saturated heterocycles. The van der Waals surface area contributed by atoms with Crippen LogP contribution in [0.4, 0.5) is 8.78 Å². The van der Waals surface area contributed by atoms with Gasteiger partial charge in [0.05, 0.1) is 11.8 Å². The van der Waals surface area contributed by atoms with Gasteiger partial charge >= 0.3 is 0 Å². The molecule has 0 unspecified atom stereocenters. The van der Waals surface area contributed by atoms with Crippen molar-refractivity contribution >= 4 is 17.0 Å². The van der Waals surface area contributed by atoms with Crippen molar-refractivity contribution in [3.05, 3.63) is 59.5 Å². The highest BCUT2D eigenvalue weighted by atomic mass is 19.2. The number of rotatable bonds is 6. The second-order valence-electron chi connectivity index (χ2n) is 6.84. The van der Waals surface area contributed by atoms with Crippen LogP contribution in [0, 0.1) is 11.6 Å². The third kappa shape index (κ3) is 3.73. The first-order valence-corrected chi connectivity index (χ1v) is 9.13. The Bertz CT molecular complexity index is 957. The van der Waals surface area contributed by atoms with Crippen molar-refractivity contribution in [3.8, 4) is 0 Å². The minimum atomic E-state index is -0.903. The van der Waals surface area contributed by atoms with E-state index in [1.165, 1.54) is 18.9 Å². The van der Waals surface area contributed by atoms with Crippen molar-refractivity contribution in [3.63, 3.8) is 0 Å². The molecule has 5 nitrogen and oxygen atoms in total. The highest BCUT2D eigenvalue weighted by molar-refractivity contribution is 5.97. The van der Waals surface area contributed by atoms with Crippen molar-refractivity contribution in [2.45, 2.75) is 19.4 Å². The lowest BCUT2D eigenvalue weighted by atomic mass is 10.2. The fourth-order valence-electron chi connectivity index (χ4n) is 3.58. The average Bonchev–Trinajstić information content (AvgIpc) is 3.37. The van der Waals surface area contributed by atoms with Crippen molar-refractivity contribution in [1.29, 1.82) is 0 Å². The number of aromatic nitrogens is 1. The van der Waals surface area contributed by atoms with Gasteiger partial charge < -0.3 is 19.2 Å². The summed E-state index contributed by atoms with van der Waals surface area (Å²) in [6, 6.07) is 7.20. The maximum Gasteiger partial charge on any atom is 0.268 e. The molecule has 27 heavy (non-hydrogen) atoms. The largest absolute Gasteiger partial charge is 0.463 e. The predicted molar refractivity (Wildman–Crippen MR) is 97.7 cm³/mol. The Kier molecular flexibility index (Phi) is 4.94. The monoisotopic (exact) mass is 373 g/mol. The molecule has 0 radical (unpaired) electrons. The summed E-state index contributed by atoms with van der Waals surface area (Å²) in [5, 5.41) is 2.95. The summed E-state index contributed by atoms with van der Waals surface area (Å²) in [6.07, 6.45) is 3.96. The summed E-state index contributed by atoms with van der Waals surface area (Å²) < 4.78 is 33.9. The van der Waals surface area contributed by atoms with Crippen LogP contribution in [0.15, 0.2) is 41.0 Å². The van der Waals surface area contributed by atoms with Crippen molar-refractivity contribution in [2.24, 2.45) is 0 Å². The number of nitrogens with one attached hydrogen (secondary N) is 1. The van der Waals surface area contributed by atoms with Crippen molar-refractivity contribution in [1.82, 2.24) is 14.8 Å². The smallest absolute Gasteiger partial charge is 0.268 e. The number of hydrogen-bond donors (Lipinski definition) is 1. The van der Waals surface area contributed by atoms with Crippen LogP contribution in [-0.2, 0) is 6.54 Å². The first-order chi connectivity index (χ1) is 13.1. The third-order valence-corrected chi connectivity index (χ3v) is 4.99. The van der Waals surface area contributed by atoms with E-state index < -0.39 is 11.6 Å². The first kappa shape index (κ1) is 17.7. The molecule has 0 aliphatic carbocycles. The molecule has 1 aromatic carbocycles. The lowest BCUT2D eigenvalue weighted by Crippen LogP contribution is -2.34. The van der Waals surface area contributed by atoms with Gasteiger partial charge in [-0.3, -0.25) is 4.79 Å². The lowest BCUT2D eigenvalue weighted by Gasteiger charge is -2.15. The van der Waals surface area contributed by atoms with E-state index in [-0.39, 0.29) is 12.5 Å². The van der Waals surface area contributed by atoms with Crippen LogP contribution in [0.2, 0.25) is 0 Å². The summed E-state index contributed by atoms with van der Waals surface area (Å²) in [5.41, 5.74) is 2.33. The minimum absolute atomic E-state index is 0.205. The Morgan fingerprint density at radius 3 is 2.70 bits per heavy atom. The number of benzene rings is 1. The van der Waals surface area contributed by atoms with Gasteiger partial charge in [0.15, 0.2) is 17.2 Å². The van der Waals surface area contributed by atoms with Gasteiger partial charge in [0.25, 0.3) is 5.91 Å². The molecule has 1 amide bonds. The Morgan fingerprint density at radius 1 is 1.11 bits per heavy atom. The minimum Gasteiger partial charge on any atom is -0.463 e. The number of hydrogen-bond acceptors (Lipinski definition) is 3. The van der Waals surface area contributed by atoms with Gasteiger partial charge in [-0.05, 0) is 43.6 Å². The summed E-state index contributed by atoms with van der Waals surface area (Å²) in [4.78, 5) is 15.0. The standard InChI is InChI=1S/C20H21F2N3O2/c21-15-4-3-14(11-16(15)22)13-25-17-5-10-27-19(17)12-18(25)20(26)23-6-9-24-7-1-2-8-24/h3-5,10-12H,1-2,6-9,13H2,(H,23,26). The van der Waals surface area contributed by atoms with Crippen LogP contribution in [0.3, 0.4) is 0 Å². The molecule has 1 aliphatic heterocycles. The van der Waals surface area contributed by atoms with Crippen LogP contribution in [-0.4, -0.2) is 41.6 Å². The third-order valence-electron chi connectivity index (χ3n) is 4.99. The van der Waals surface area contributed by atoms with E-state index in [4.69, 9.17) is 4.42 Å². The van der Waals surface area contributed by atoms with E-state index >= 15 is 0 Å². The van der Waals surface area contributed by atoms with Gasteiger partial charge in [0.2, 0.25) is 0 Å². The van der Waals surface area contributed by atoms with Gasteiger partial charge in [0.1, 0.15) is 5.69 Å². The van der Waals surface area contributed by atoms with Crippen LogP contribution in [0.5, 0.6) is 0 Å². The topological polar surface area (TPSA) is 50.4 Å². The van der Waals surface area contributed by atoms with Crippen LogP contribution >= 0.6 is 0 Å². The van der Waals surface area contributed by atoms with Gasteiger partial charge in [-0.15, -0.1) is 0 Å². The summed E-state index contributed by atoms with van der Waals surface area (Å²) >= 11 is 0. The number of fused-ring (bicyclic) bond motifs is 1. The fourth-order valence-corrected chi connectivity index (χ4v) is 3.58. The number of likely N-dealkylation sites (tertiary alicyclic amines) is 1. The molecular formula is C20H21F2N3O2. The normalized spacial score (nSPS) is 14.9. The summed E-state index contributed by atoms with van der Waals surface area (Å²) in [6.45, 7) is 3.79. The van der Waals surface area contributed by atoms with E-state index in [0.29, 0.717) is 23.4 Å². The molecule has 4 rings (SSSR count). The number of furan rings is 1.